The van der Waals surface area contributed by atoms with E-state index in [2.05, 4.69) is 22.2 Å². The molecular weight excluding hydrogens is 366 g/mol. The minimum Gasteiger partial charge on any atom is -0.494 e. The summed E-state index contributed by atoms with van der Waals surface area (Å²) in [5.74, 6) is -0.623. The van der Waals surface area contributed by atoms with Gasteiger partial charge in [-0.2, -0.15) is 0 Å². The monoisotopic (exact) mass is 387 g/mol. The van der Waals surface area contributed by atoms with Gasteiger partial charge in [-0.05, 0) is 24.1 Å². The van der Waals surface area contributed by atoms with Crippen molar-refractivity contribution in [1.29, 1.82) is 0 Å². The van der Waals surface area contributed by atoms with Crippen molar-refractivity contribution in [3.63, 3.8) is 0 Å². The van der Waals surface area contributed by atoms with Crippen molar-refractivity contribution in [3.8, 4) is 17.1 Å². The molecule has 3 N–H and O–H groups in total. The molecule has 29 heavy (non-hydrogen) atoms. The molecule has 1 aromatic heterocycles. The van der Waals surface area contributed by atoms with E-state index in [1.165, 1.54) is 0 Å². The predicted molar refractivity (Wildman–Crippen MR) is 112 cm³/mol. The number of aliphatic imine (C=N–C) groups is 1. The molecule has 0 radical (unpaired) electrons. The summed E-state index contributed by atoms with van der Waals surface area (Å²) in [6.07, 6.45) is 1.95. The number of carbonyl (C=O) groups excluding carboxylic acids is 2. The van der Waals surface area contributed by atoms with Gasteiger partial charge in [-0.25, -0.2) is 4.99 Å². The first-order chi connectivity index (χ1) is 14.1. The molecule has 0 unspecified atom stereocenters. The van der Waals surface area contributed by atoms with Crippen LogP contribution in [0.5, 0.6) is 5.88 Å². The number of aromatic hydroxyl groups is 1. The molecular formula is C23H21N3O3. The van der Waals surface area contributed by atoms with E-state index in [9.17, 15) is 14.7 Å². The summed E-state index contributed by atoms with van der Waals surface area (Å²) in [5, 5.41) is 13.3. The number of carbonyl (C=O) groups is 2. The lowest BCUT2D eigenvalue weighted by Crippen LogP contribution is -2.24. The van der Waals surface area contributed by atoms with Gasteiger partial charge in [0.15, 0.2) is 5.88 Å². The average molecular weight is 387 g/mol. The van der Waals surface area contributed by atoms with Gasteiger partial charge in [0.25, 0.3) is 11.8 Å². The van der Waals surface area contributed by atoms with Crippen LogP contribution in [0, 0.1) is 0 Å². The number of aromatic nitrogens is 1. The second-order valence-electron chi connectivity index (χ2n) is 6.92. The molecule has 1 aliphatic heterocycles. The number of aromatic amines is 1. The van der Waals surface area contributed by atoms with E-state index in [4.69, 9.17) is 0 Å². The van der Waals surface area contributed by atoms with Gasteiger partial charge in [0.05, 0.1) is 22.5 Å². The maximum atomic E-state index is 12.6. The molecule has 2 amide bonds. The largest absolute Gasteiger partial charge is 0.494 e. The van der Waals surface area contributed by atoms with Crippen molar-refractivity contribution >= 4 is 17.5 Å². The molecule has 0 bridgehead atoms. The molecule has 0 atom stereocenters. The van der Waals surface area contributed by atoms with E-state index in [0.29, 0.717) is 40.2 Å². The van der Waals surface area contributed by atoms with Crippen molar-refractivity contribution in [2.24, 2.45) is 4.99 Å². The Hall–Kier alpha value is -3.67. The van der Waals surface area contributed by atoms with Crippen LogP contribution in [0.1, 0.15) is 51.6 Å². The number of rotatable bonds is 6. The van der Waals surface area contributed by atoms with Gasteiger partial charge >= 0.3 is 0 Å². The maximum Gasteiger partial charge on any atom is 0.280 e. The molecule has 2 heterocycles. The number of nitrogens with one attached hydrogen (secondary N) is 2. The van der Waals surface area contributed by atoms with E-state index >= 15 is 0 Å². The normalized spacial score (nSPS) is 12.6. The van der Waals surface area contributed by atoms with Crippen molar-refractivity contribution in [2.75, 3.05) is 6.54 Å². The lowest BCUT2D eigenvalue weighted by molar-refractivity contribution is 0.0952. The smallest absolute Gasteiger partial charge is 0.280 e. The molecule has 4 rings (SSSR count). The highest BCUT2D eigenvalue weighted by atomic mass is 16.3. The minimum absolute atomic E-state index is 0.0927. The number of amides is 2. The third-order valence-electron chi connectivity index (χ3n) is 4.94. The average Bonchev–Trinajstić information content (AvgIpc) is 3.27. The molecule has 2 aromatic carbocycles. The third-order valence-corrected chi connectivity index (χ3v) is 4.94. The summed E-state index contributed by atoms with van der Waals surface area (Å²) in [5.41, 5.74) is 3.72. The number of nitrogens with zero attached hydrogens (tertiary/aromatic N) is 1. The maximum absolute atomic E-state index is 12.6. The third kappa shape index (κ3) is 3.45. The molecule has 0 spiro atoms. The number of benzene rings is 2. The Kier molecular flexibility index (Phi) is 4.99. The van der Waals surface area contributed by atoms with Crippen molar-refractivity contribution in [2.45, 2.75) is 19.8 Å². The van der Waals surface area contributed by atoms with Gasteiger partial charge in [-0.15, -0.1) is 0 Å². The number of unbranched alkanes of at least 4 members (excludes halogenated alkanes) is 1. The standard InChI is InChI=1S/C23H21N3O3/c1-2-3-13-24-21(27)16-11-9-15(10-12-16)20-18-17(22(28)26-20)19(25-23(18)29)14-7-5-4-6-8-14/h4-12,25,29H,2-3,13H2,1H3,(H,24,27). The van der Waals surface area contributed by atoms with Crippen LogP contribution in [0.3, 0.4) is 0 Å². The van der Waals surface area contributed by atoms with Crippen LogP contribution in [0.25, 0.3) is 11.3 Å². The molecule has 6 heteroatoms. The lowest BCUT2D eigenvalue weighted by Gasteiger charge is -2.06. The zero-order valence-electron chi connectivity index (χ0n) is 16.0. The van der Waals surface area contributed by atoms with E-state index < -0.39 is 5.91 Å². The van der Waals surface area contributed by atoms with Crippen molar-refractivity contribution in [3.05, 3.63) is 76.9 Å². The van der Waals surface area contributed by atoms with E-state index in [-0.39, 0.29) is 11.8 Å². The van der Waals surface area contributed by atoms with Gasteiger partial charge in [0.2, 0.25) is 0 Å². The Morgan fingerprint density at radius 2 is 1.76 bits per heavy atom. The fourth-order valence-electron chi connectivity index (χ4n) is 3.44. The van der Waals surface area contributed by atoms with E-state index in [1.807, 2.05) is 30.3 Å². The molecule has 0 saturated heterocycles. The molecule has 6 nitrogen and oxygen atoms in total. The second kappa shape index (κ2) is 7.75. The summed E-state index contributed by atoms with van der Waals surface area (Å²) < 4.78 is 0. The highest BCUT2D eigenvalue weighted by Crippen LogP contribution is 2.37. The first-order valence-corrected chi connectivity index (χ1v) is 9.62. The zero-order chi connectivity index (χ0) is 20.4. The molecule has 146 valence electrons. The summed E-state index contributed by atoms with van der Waals surface area (Å²) in [4.78, 5) is 31.8. The van der Waals surface area contributed by atoms with Gasteiger partial charge in [0, 0.05) is 17.7 Å². The van der Waals surface area contributed by atoms with Gasteiger partial charge in [-0.3, -0.25) is 9.59 Å². The molecule has 1 aliphatic rings. The first-order valence-electron chi connectivity index (χ1n) is 9.62. The Labute approximate surface area is 168 Å². The van der Waals surface area contributed by atoms with Gasteiger partial charge in [0.1, 0.15) is 0 Å². The van der Waals surface area contributed by atoms with Crippen LogP contribution < -0.4 is 5.32 Å². The quantitative estimate of drug-likeness (QED) is 0.560. The summed E-state index contributed by atoms with van der Waals surface area (Å²) in [7, 11) is 0. The molecule has 0 aliphatic carbocycles. The summed E-state index contributed by atoms with van der Waals surface area (Å²) in [6, 6.07) is 16.2. The fourth-order valence-corrected chi connectivity index (χ4v) is 3.44. The summed E-state index contributed by atoms with van der Waals surface area (Å²) in [6.45, 7) is 2.71. The molecule has 0 fully saturated rings. The number of hydrogen-bond acceptors (Lipinski definition) is 3. The Morgan fingerprint density at radius 1 is 1.03 bits per heavy atom. The van der Waals surface area contributed by atoms with Crippen LogP contribution in [0.4, 0.5) is 0 Å². The number of fused-ring (bicyclic) bond motifs is 1. The fraction of sp³-hybridized carbons (Fsp3) is 0.174. The van der Waals surface area contributed by atoms with Crippen LogP contribution in [-0.4, -0.2) is 34.2 Å². The van der Waals surface area contributed by atoms with Crippen molar-refractivity contribution < 1.29 is 14.7 Å². The predicted octanol–water partition coefficient (Wildman–Crippen LogP) is 3.91. The minimum atomic E-state index is -0.396. The number of H-pyrrole nitrogens is 1. The Morgan fingerprint density at radius 3 is 2.45 bits per heavy atom. The van der Waals surface area contributed by atoms with Gasteiger partial charge in [-0.1, -0.05) is 55.8 Å². The zero-order valence-corrected chi connectivity index (χ0v) is 16.0. The molecule has 0 saturated carbocycles. The van der Waals surface area contributed by atoms with Crippen LogP contribution in [0.15, 0.2) is 59.6 Å². The Bertz CT molecular complexity index is 1100. The van der Waals surface area contributed by atoms with Crippen LogP contribution in [-0.2, 0) is 0 Å². The number of hydrogen-bond donors (Lipinski definition) is 3. The second-order valence-corrected chi connectivity index (χ2v) is 6.92. The van der Waals surface area contributed by atoms with E-state index in [1.54, 1.807) is 24.3 Å². The highest BCUT2D eigenvalue weighted by molar-refractivity contribution is 6.30. The van der Waals surface area contributed by atoms with Gasteiger partial charge < -0.3 is 15.4 Å². The lowest BCUT2D eigenvalue weighted by atomic mass is 9.99. The Balaban J connectivity index is 1.64. The summed E-state index contributed by atoms with van der Waals surface area (Å²) >= 11 is 0. The first kappa shape index (κ1) is 18.7. The highest BCUT2D eigenvalue weighted by Gasteiger charge is 2.33. The molecule has 3 aromatic rings. The van der Waals surface area contributed by atoms with Crippen molar-refractivity contribution in [1.82, 2.24) is 10.3 Å². The van der Waals surface area contributed by atoms with Crippen LogP contribution in [0.2, 0.25) is 0 Å². The van der Waals surface area contributed by atoms with E-state index in [0.717, 1.165) is 18.4 Å². The van der Waals surface area contributed by atoms with Crippen LogP contribution >= 0.6 is 0 Å². The SMILES string of the molecule is CCCCNC(=O)c1ccc(C2=NC(=O)c3c(-c4ccccc4)[nH]c(O)c32)cc1. The topological polar surface area (TPSA) is 94.5 Å².